The minimum atomic E-state index is -0.487. The molecule has 130 valence electrons. The zero-order valence-electron chi connectivity index (χ0n) is 13.6. The van der Waals surface area contributed by atoms with Crippen LogP contribution in [0.3, 0.4) is 0 Å². The van der Waals surface area contributed by atoms with E-state index in [0.717, 1.165) is 34.9 Å². The molecule has 4 rings (SSSR count). The molecule has 0 spiro atoms. The van der Waals surface area contributed by atoms with E-state index < -0.39 is 6.04 Å². The molecule has 0 radical (unpaired) electrons. The van der Waals surface area contributed by atoms with Gasteiger partial charge in [-0.2, -0.15) is 4.98 Å². The van der Waals surface area contributed by atoms with Crippen molar-refractivity contribution >= 4 is 11.3 Å². The highest BCUT2D eigenvalue weighted by molar-refractivity contribution is 7.14. The van der Waals surface area contributed by atoms with Crippen LogP contribution < -0.4 is 5.73 Å². The van der Waals surface area contributed by atoms with Crippen molar-refractivity contribution in [3.05, 3.63) is 35.2 Å². The van der Waals surface area contributed by atoms with Crippen molar-refractivity contribution in [1.29, 1.82) is 0 Å². The maximum atomic E-state index is 9.10. The van der Waals surface area contributed by atoms with Crippen molar-refractivity contribution in [3.8, 4) is 22.0 Å². The second kappa shape index (κ2) is 6.99. The molecule has 7 nitrogen and oxygen atoms in total. The first kappa shape index (κ1) is 16.3. The van der Waals surface area contributed by atoms with Gasteiger partial charge in [-0.1, -0.05) is 53.6 Å². The van der Waals surface area contributed by atoms with Gasteiger partial charge >= 0.3 is 0 Å². The third-order valence-electron chi connectivity index (χ3n) is 4.49. The summed E-state index contributed by atoms with van der Waals surface area (Å²) in [4.78, 5) is 4.56. The highest BCUT2D eigenvalue weighted by Crippen LogP contribution is 2.34. The summed E-state index contributed by atoms with van der Waals surface area (Å²) < 4.78 is 5.44. The first-order valence-corrected chi connectivity index (χ1v) is 9.20. The van der Waals surface area contributed by atoms with Crippen LogP contribution in [0.15, 0.2) is 28.8 Å². The third-order valence-corrected chi connectivity index (χ3v) is 5.59. The molecule has 1 saturated carbocycles. The van der Waals surface area contributed by atoms with E-state index in [4.69, 9.17) is 15.4 Å². The molecule has 1 unspecified atom stereocenters. The van der Waals surface area contributed by atoms with Gasteiger partial charge in [0.05, 0.1) is 12.6 Å². The molecule has 25 heavy (non-hydrogen) atoms. The molecule has 3 N–H and O–H groups in total. The molecule has 1 fully saturated rings. The van der Waals surface area contributed by atoms with E-state index in [2.05, 4.69) is 20.3 Å². The normalized spacial score (nSPS) is 16.4. The average molecular weight is 357 g/mol. The number of benzene rings is 1. The van der Waals surface area contributed by atoms with Crippen LogP contribution in [0, 0.1) is 0 Å². The maximum Gasteiger partial charge on any atom is 0.230 e. The molecule has 3 aromatic rings. The smallest absolute Gasteiger partial charge is 0.230 e. The fraction of sp³-hybridized carbons (Fsp3) is 0.412. The highest BCUT2D eigenvalue weighted by Gasteiger charge is 2.23. The number of aliphatic hydroxyl groups is 1. The SMILES string of the molecule is NC(CO)c1nnc(-c2ccc(-c3noc(C4CCCC4)n3)cc2)s1. The molecule has 1 aromatic carbocycles. The van der Waals surface area contributed by atoms with Gasteiger partial charge in [0, 0.05) is 17.0 Å². The van der Waals surface area contributed by atoms with Gasteiger partial charge in [-0.05, 0) is 12.8 Å². The van der Waals surface area contributed by atoms with Gasteiger partial charge in [0.15, 0.2) is 0 Å². The Bertz CT molecular complexity index is 839. The fourth-order valence-electron chi connectivity index (χ4n) is 3.03. The van der Waals surface area contributed by atoms with E-state index in [-0.39, 0.29) is 6.61 Å². The molecular formula is C17H19N5O2S. The molecule has 0 amide bonds. The van der Waals surface area contributed by atoms with Crippen molar-refractivity contribution in [3.63, 3.8) is 0 Å². The van der Waals surface area contributed by atoms with Gasteiger partial charge in [-0.25, -0.2) is 0 Å². The molecule has 0 aliphatic heterocycles. The van der Waals surface area contributed by atoms with Gasteiger partial charge < -0.3 is 15.4 Å². The summed E-state index contributed by atoms with van der Waals surface area (Å²) in [5, 5.41) is 22.8. The first-order chi connectivity index (χ1) is 12.2. The van der Waals surface area contributed by atoms with Gasteiger partial charge in [0.1, 0.15) is 10.0 Å². The van der Waals surface area contributed by atoms with Crippen molar-refractivity contribution in [2.75, 3.05) is 6.61 Å². The number of aromatic nitrogens is 4. The van der Waals surface area contributed by atoms with E-state index in [1.165, 1.54) is 24.2 Å². The molecule has 1 aliphatic rings. The number of aliphatic hydroxyl groups excluding tert-OH is 1. The predicted molar refractivity (Wildman–Crippen MR) is 93.9 cm³/mol. The summed E-state index contributed by atoms with van der Waals surface area (Å²) in [7, 11) is 0. The van der Waals surface area contributed by atoms with E-state index in [9.17, 15) is 0 Å². The Morgan fingerprint density at radius 1 is 1.16 bits per heavy atom. The number of nitrogens with two attached hydrogens (primary N) is 1. The van der Waals surface area contributed by atoms with E-state index in [1.54, 1.807) is 0 Å². The summed E-state index contributed by atoms with van der Waals surface area (Å²) in [6, 6.07) is 7.32. The Hall–Kier alpha value is -2.16. The molecule has 2 aromatic heterocycles. The fourth-order valence-corrected chi connectivity index (χ4v) is 3.87. The molecule has 0 bridgehead atoms. The van der Waals surface area contributed by atoms with Gasteiger partial charge in [0.2, 0.25) is 11.7 Å². The lowest BCUT2D eigenvalue weighted by Gasteiger charge is -2.00. The summed E-state index contributed by atoms with van der Waals surface area (Å²) in [5.41, 5.74) is 7.62. The summed E-state index contributed by atoms with van der Waals surface area (Å²) in [6.45, 7) is -0.144. The first-order valence-electron chi connectivity index (χ1n) is 8.39. The quantitative estimate of drug-likeness (QED) is 0.722. The topological polar surface area (TPSA) is 111 Å². The lowest BCUT2D eigenvalue weighted by Crippen LogP contribution is -2.13. The zero-order valence-corrected chi connectivity index (χ0v) is 14.4. The van der Waals surface area contributed by atoms with Gasteiger partial charge in [-0.15, -0.1) is 10.2 Å². The summed E-state index contributed by atoms with van der Waals surface area (Å²) in [6.07, 6.45) is 4.74. The van der Waals surface area contributed by atoms with Crippen molar-refractivity contribution in [2.45, 2.75) is 37.6 Å². The number of hydrogen-bond donors (Lipinski definition) is 2. The minimum Gasteiger partial charge on any atom is -0.394 e. The standard InChI is InChI=1S/C17H19N5O2S/c18-13(9-23)17-21-20-16(25-17)12-7-5-10(6-8-12)14-19-15(24-22-14)11-3-1-2-4-11/h5-8,11,13,23H,1-4,9,18H2. The van der Waals surface area contributed by atoms with Crippen LogP contribution in [-0.4, -0.2) is 32.1 Å². The van der Waals surface area contributed by atoms with Crippen LogP contribution in [0.25, 0.3) is 22.0 Å². The Morgan fingerprint density at radius 2 is 1.88 bits per heavy atom. The Kier molecular flexibility index (Phi) is 4.56. The Balaban J connectivity index is 1.53. The highest BCUT2D eigenvalue weighted by atomic mass is 32.1. The molecule has 2 heterocycles. The summed E-state index contributed by atoms with van der Waals surface area (Å²) in [5.74, 6) is 1.79. The predicted octanol–water partition coefficient (Wildman–Crippen LogP) is 2.90. The van der Waals surface area contributed by atoms with Crippen LogP contribution in [0.1, 0.15) is 48.5 Å². The van der Waals surface area contributed by atoms with Gasteiger partial charge in [-0.3, -0.25) is 0 Å². The molecule has 0 saturated heterocycles. The second-order valence-corrected chi connectivity index (χ2v) is 7.26. The Labute approximate surface area is 148 Å². The van der Waals surface area contributed by atoms with Crippen LogP contribution in [0.5, 0.6) is 0 Å². The number of hydrogen-bond acceptors (Lipinski definition) is 8. The van der Waals surface area contributed by atoms with Crippen LogP contribution in [0.4, 0.5) is 0 Å². The van der Waals surface area contributed by atoms with Crippen molar-refractivity contribution < 1.29 is 9.63 Å². The van der Waals surface area contributed by atoms with Crippen molar-refractivity contribution in [2.24, 2.45) is 5.73 Å². The number of nitrogens with zero attached hydrogens (tertiary/aromatic N) is 4. The molecule has 1 aliphatic carbocycles. The van der Waals surface area contributed by atoms with E-state index in [1.807, 2.05) is 24.3 Å². The lowest BCUT2D eigenvalue weighted by atomic mass is 10.1. The number of rotatable bonds is 5. The Morgan fingerprint density at radius 3 is 2.60 bits per heavy atom. The minimum absolute atomic E-state index is 0.144. The molecule has 1 atom stereocenters. The lowest BCUT2D eigenvalue weighted by molar-refractivity contribution is 0.267. The van der Waals surface area contributed by atoms with Gasteiger partial charge in [0.25, 0.3) is 0 Å². The summed E-state index contributed by atoms with van der Waals surface area (Å²) >= 11 is 1.38. The molecular weight excluding hydrogens is 338 g/mol. The van der Waals surface area contributed by atoms with E-state index in [0.29, 0.717) is 16.7 Å². The molecule has 8 heteroatoms. The van der Waals surface area contributed by atoms with Crippen molar-refractivity contribution in [1.82, 2.24) is 20.3 Å². The van der Waals surface area contributed by atoms with Crippen LogP contribution in [-0.2, 0) is 0 Å². The average Bonchev–Trinajstić information content (AvgIpc) is 3.42. The monoisotopic (exact) mass is 357 g/mol. The largest absolute Gasteiger partial charge is 0.394 e. The zero-order chi connectivity index (χ0) is 17.2. The maximum absolute atomic E-state index is 9.10. The third kappa shape index (κ3) is 3.33. The second-order valence-electron chi connectivity index (χ2n) is 6.25. The van der Waals surface area contributed by atoms with Crippen LogP contribution in [0.2, 0.25) is 0 Å². The van der Waals surface area contributed by atoms with E-state index >= 15 is 0 Å². The van der Waals surface area contributed by atoms with Crippen LogP contribution >= 0.6 is 11.3 Å².